The average Bonchev–Trinajstić information content (AvgIpc) is 2.34. The lowest BCUT2D eigenvalue weighted by Gasteiger charge is -2.09. The Morgan fingerprint density at radius 3 is 2.30 bits per heavy atom. The molecule has 0 aliphatic rings. The molecule has 2 rings (SSSR count). The maximum atomic E-state index is 13.0. The Bertz CT molecular complexity index is 612. The van der Waals surface area contributed by atoms with E-state index in [1.54, 1.807) is 0 Å². The zero-order valence-electron chi connectivity index (χ0n) is 11.2. The Hall–Kier alpha value is -1.75. The van der Waals surface area contributed by atoms with E-state index < -0.39 is 11.6 Å². The fourth-order valence-corrected chi connectivity index (χ4v) is 2.00. The highest BCUT2D eigenvalue weighted by molar-refractivity contribution is 6.31. The van der Waals surface area contributed by atoms with Crippen molar-refractivity contribution >= 4 is 17.4 Å². The molecular formula is C14H14ClF2N3. The molecule has 0 saturated heterocycles. The first-order chi connectivity index (χ1) is 9.45. The summed E-state index contributed by atoms with van der Waals surface area (Å²) in [7, 11) is 0. The van der Waals surface area contributed by atoms with Crippen LogP contribution in [0, 0.1) is 25.5 Å². The molecule has 2 aromatic rings. The summed E-state index contributed by atoms with van der Waals surface area (Å²) < 4.78 is 26.1. The van der Waals surface area contributed by atoms with Crippen LogP contribution in [0.3, 0.4) is 0 Å². The van der Waals surface area contributed by atoms with Crippen LogP contribution in [-0.2, 0) is 6.42 Å². The number of hydrogen-bond donors (Lipinski definition) is 1. The van der Waals surface area contributed by atoms with Gasteiger partial charge in [0.15, 0.2) is 11.0 Å². The van der Waals surface area contributed by atoms with Crippen molar-refractivity contribution in [2.45, 2.75) is 20.3 Å². The summed E-state index contributed by atoms with van der Waals surface area (Å²) in [6, 6.07) is 3.46. The highest BCUT2D eigenvalue weighted by Crippen LogP contribution is 2.18. The standard InChI is InChI=1S/C14H14ClF2N3/c1-8-9(2)20-14(13(15)19-8)18-4-3-10-5-11(16)7-12(17)6-10/h5-7H,3-4H2,1-2H3,(H,18,20). The topological polar surface area (TPSA) is 37.8 Å². The molecule has 106 valence electrons. The zero-order chi connectivity index (χ0) is 14.7. The summed E-state index contributed by atoms with van der Waals surface area (Å²) in [6.45, 7) is 4.12. The minimum Gasteiger partial charge on any atom is -0.367 e. The predicted octanol–water partition coefficient (Wildman–Crippen LogP) is 3.68. The van der Waals surface area contributed by atoms with Crippen molar-refractivity contribution in [3.8, 4) is 0 Å². The van der Waals surface area contributed by atoms with E-state index in [0.717, 1.165) is 17.5 Å². The number of benzene rings is 1. The van der Waals surface area contributed by atoms with Crippen LogP contribution in [-0.4, -0.2) is 16.5 Å². The van der Waals surface area contributed by atoms with Gasteiger partial charge in [0.25, 0.3) is 0 Å². The number of rotatable bonds is 4. The van der Waals surface area contributed by atoms with Gasteiger partial charge in [-0.1, -0.05) is 11.6 Å². The molecule has 0 radical (unpaired) electrons. The minimum absolute atomic E-state index is 0.290. The third-order valence-corrected chi connectivity index (χ3v) is 3.16. The fraction of sp³-hybridized carbons (Fsp3) is 0.286. The SMILES string of the molecule is Cc1nc(Cl)c(NCCc2cc(F)cc(F)c2)nc1C. The first-order valence-corrected chi connectivity index (χ1v) is 6.53. The third kappa shape index (κ3) is 3.63. The van der Waals surface area contributed by atoms with E-state index in [9.17, 15) is 8.78 Å². The van der Waals surface area contributed by atoms with Crippen LogP contribution in [0.5, 0.6) is 0 Å². The largest absolute Gasteiger partial charge is 0.367 e. The summed E-state index contributed by atoms with van der Waals surface area (Å²) in [5.74, 6) is -0.681. The number of hydrogen-bond acceptors (Lipinski definition) is 3. The average molecular weight is 298 g/mol. The normalized spacial score (nSPS) is 10.7. The lowest BCUT2D eigenvalue weighted by molar-refractivity contribution is 0.580. The second-order valence-electron chi connectivity index (χ2n) is 4.49. The first kappa shape index (κ1) is 14.7. The fourth-order valence-electron chi connectivity index (χ4n) is 1.77. The molecule has 1 aromatic heterocycles. The Kier molecular flexibility index (Phi) is 4.49. The molecule has 1 aromatic carbocycles. The number of nitrogens with zero attached hydrogens (tertiary/aromatic N) is 2. The molecule has 6 heteroatoms. The van der Waals surface area contributed by atoms with Crippen LogP contribution >= 0.6 is 11.6 Å². The molecule has 0 saturated carbocycles. The van der Waals surface area contributed by atoms with Crippen molar-refractivity contribution in [3.63, 3.8) is 0 Å². The highest BCUT2D eigenvalue weighted by Gasteiger charge is 2.07. The van der Waals surface area contributed by atoms with Gasteiger partial charge < -0.3 is 5.32 Å². The van der Waals surface area contributed by atoms with E-state index in [4.69, 9.17) is 11.6 Å². The summed E-state index contributed by atoms with van der Waals surface area (Å²) in [5.41, 5.74) is 2.13. The van der Waals surface area contributed by atoms with E-state index in [-0.39, 0.29) is 0 Å². The van der Waals surface area contributed by atoms with E-state index in [1.807, 2.05) is 13.8 Å². The van der Waals surface area contributed by atoms with Crippen molar-refractivity contribution in [1.29, 1.82) is 0 Å². The minimum atomic E-state index is -0.580. The van der Waals surface area contributed by atoms with Gasteiger partial charge >= 0.3 is 0 Å². The summed E-state index contributed by atoms with van der Waals surface area (Å²) in [4.78, 5) is 8.43. The molecule has 0 aliphatic heterocycles. The van der Waals surface area contributed by atoms with Gasteiger partial charge in [-0.15, -0.1) is 0 Å². The van der Waals surface area contributed by atoms with Crippen LogP contribution in [0.15, 0.2) is 18.2 Å². The van der Waals surface area contributed by atoms with Gasteiger partial charge in [-0.3, -0.25) is 0 Å². The second kappa shape index (κ2) is 6.13. The molecule has 0 amide bonds. The van der Waals surface area contributed by atoms with Gasteiger partial charge in [0, 0.05) is 12.6 Å². The molecule has 0 fully saturated rings. The smallest absolute Gasteiger partial charge is 0.171 e. The molecule has 0 unspecified atom stereocenters. The molecule has 1 heterocycles. The maximum absolute atomic E-state index is 13.0. The maximum Gasteiger partial charge on any atom is 0.171 e. The zero-order valence-corrected chi connectivity index (χ0v) is 11.9. The van der Waals surface area contributed by atoms with Crippen LogP contribution in [0.4, 0.5) is 14.6 Å². The van der Waals surface area contributed by atoms with Gasteiger partial charge in [0.1, 0.15) is 11.6 Å². The van der Waals surface area contributed by atoms with Gasteiger partial charge in [-0.25, -0.2) is 18.7 Å². The van der Waals surface area contributed by atoms with Gasteiger partial charge in [0.05, 0.1) is 11.4 Å². The summed E-state index contributed by atoms with van der Waals surface area (Å²) in [6.07, 6.45) is 0.458. The molecule has 0 atom stereocenters. The van der Waals surface area contributed by atoms with E-state index in [1.165, 1.54) is 12.1 Å². The van der Waals surface area contributed by atoms with Crippen molar-refractivity contribution in [3.05, 3.63) is 51.9 Å². The van der Waals surface area contributed by atoms with E-state index in [0.29, 0.717) is 29.5 Å². The van der Waals surface area contributed by atoms with Crippen molar-refractivity contribution in [1.82, 2.24) is 9.97 Å². The Morgan fingerprint density at radius 2 is 1.65 bits per heavy atom. The van der Waals surface area contributed by atoms with Gasteiger partial charge in [-0.05, 0) is 38.0 Å². The number of anilines is 1. The van der Waals surface area contributed by atoms with Crippen LogP contribution < -0.4 is 5.32 Å². The number of aromatic nitrogens is 2. The molecule has 0 spiro atoms. The number of nitrogens with one attached hydrogen (secondary N) is 1. The Morgan fingerprint density at radius 1 is 1.05 bits per heavy atom. The lowest BCUT2D eigenvalue weighted by atomic mass is 10.1. The summed E-state index contributed by atoms with van der Waals surface area (Å²) in [5, 5.41) is 3.31. The Balaban J connectivity index is 2.01. The van der Waals surface area contributed by atoms with Crippen LogP contribution in [0.1, 0.15) is 17.0 Å². The lowest BCUT2D eigenvalue weighted by Crippen LogP contribution is -2.09. The predicted molar refractivity (Wildman–Crippen MR) is 75.1 cm³/mol. The molecule has 20 heavy (non-hydrogen) atoms. The van der Waals surface area contributed by atoms with Gasteiger partial charge in [-0.2, -0.15) is 0 Å². The van der Waals surface area contributed by atoms with E-state index in [2.05, 4.69) is 15.3 Å². The van der Waals surface area contributed by atoms with Crippen LogP contribution in [0.25, 0.3) is 0 Å². The second-order valence-corrected chi connectivity index (χ2v) is 4.85. The van der Waals surface area contributed by atoms with E-state index >= 15 is 0 Å². The van der Waals surface area contributed by atoms with Crippen molar-refractivity contribution < 1.29 is 8.78 Å². The van der Waals surface area contributed by atoms with Crippen molar-refractivity contribution in [2.75, 3.05) is 11.9 Å². The molecular weight excluding hydrogens is 284 g/mol. The number of halogens is 3. The highest BCUT2D eigenvalue weighted by atomic mass is 35.5. The van der Waals surface area contributed by atoms with Crippen molar-refractivity contribution in [2.24, 2.45) is 0 Å². The third-order valence-electron chi connectivity index (χ3n) is 2.89. The molecule has 3 nitrogen and oxygen atoms in total. The monoisotopic (exact) mass is 297 g/mol. The molecule has 1 N–H and O–H groups in total. The first-order valence-electron chi connectivity index (χ1n) is 6.15. The van der Waals surface area contributed by atoms with Crippen LogP contribution in [0.2, 0.25) is 5.15 Å². The number of aryl methyl sites for hydroxylation is 2. The molecule has 0 aliphatic carbocycles. The molecule has 0 bridgehead atoms. The Labute approximate surface area is 121 Å². The summed E-state index contributed by atoms with van der Waals surface area (Å²) >= 11 is 5.98. The quantitative estimate of drug-likeness (QED) is 0.935. The van der Waals surface area contributed by atoms with Gasteiger partial charge in [0.2, 0.25) is 0 Å².